The van der Waals surface area contributed by atoms with Crippen molar-refractivity contribution in [3.05, 3.63) is 57.8 Å². The van der Waals surface area contributed by atoms with Crippen molar-refractivity contribution in [1.82, 2.24) is 0 Å². The van der Waals surface area contributed by atoms with Gasteiger partial charge in [-0.1, -0.05) is 35.3 Å². The maximum absolute atomic E-state index is 13.8. The van der Waals surface area contributed by atoms with E-state index < -0.39 is 20.7 Å². The van der Waals surface area contributed by atoms with Gasteiger partial charge in [0.2, 0.25) is 0 Å². The van der Waals surface area contributed by atoms with Crippen molar-refractivity contribution < 1.29 is 17.9 Å². The van der Waals surface area contributed by atoms with Gasteiger partial charge in [0.15, 0.2) is 0 Å². The van der Waals surface area contributed by atoms with E-state index in [4.69, 9.17) is 28.3 Å². The van der Waals surface area contributed by atoms with E-state index in [1.54, 1.807) is 0 Å². The molecule has 21 heavy (non-hydrogen) atoms. The number of hydrogen-bond acceptors (Lipinski definition) is 3. The summed E-state index contributed by atoms with van der Waals surface area (Å²) in [6.07, 6.45) is 0. The van der Waals surface area contributed by atoms with Crippen LogP contribution >= 0.6 is 23.2 Å². The molecule has 2 N–H and O–H groups in total. The van der Waals surface area contributed by atoms with Crippen LogP contribution in [-0.2, 0) is 16.6 Å². The van der Waals surface area contributed by atoms with Gasteiger partial charge in [0.05, 0.1) is 22.3 Å². The lowest BCUT2D eigenvalue weighted by atomic mass is 10.2. The number of benzene rings is 2. The van der Waals surface area contributed by atoms with Gasteiger partial charge < -0.3 is 5.11 Å². The Morgan fingerprint density at radius 3 is 2.52 bits per heavy atom. The predicted molar refractivity (Wildman–Crippen MR) is 79.6 cm³/mol. The topological polar surface area (TPSA) is 66.4 Å². The molecule has 2 aromatic carbocycles. The average Bonchev–Trinajstić information content (AvgIpc) is 2.43. The third-order valence-corrected chi connectivity index (χ3v) is 4.88. The minimum atomic E-state index is -4.16. The van der Waals surface area contributed by atoms with Gasteiger partial charge >= 0.3 is 0 Å². The fourth-order valence-corrected chi connectivity index (χ4v) is 3.18. The molecule has 4 nitrogen and oxygen atoms in total. The smallest absolute Gasteiger partial charge is 0.264 e. The summed E-state index contributed by atoms with van der Waals surface area (Å²) in [6, 6.07) is 7.76. The lowest BCUT2D eigenvalue weighted by Gasteiger charge is -2.11. The Kier molecular flexibility index (Phi) is 4.73. The number of aliphatic hydroxyl groups is 1. The Bertz CT molecular complexity index is 781. The van der Waals surface area contributed by atoms with Crippen LogP contribution in [-0.4, -0.2) is 13.5 Å². The van der Waals surface area contributed by atoms with E-state index in [0.717, 1.165) is 12.1 Å². The fraction of sp³-hybridized carbons (Fsp3) is 0.0769. The van der Waals surface area contributed by atoms with Gasteiger partial charge in [-0.2, -0.15) is 0 Å². The minimum Gasteiger partial charge on any atom is -0.392 e. The summed E-state index contributed by atoms with van der Waals surface area (Å²) in [5.74, 6) is -0.966. The number of aliphatic hydroxyl groups excluding tert-OH is 1. The summed E-state index contributed by atoms with van der Waals surface area (Å²) < 4.78 is 40.3. The van der Waals surface area contributed by atoms with Crippen molar-refractivity contribution in [2.45, 2.75) is 11.5 Å². The lowest BCUT2D eigenvalue weighted by Crippen LogP contribution is -2.15. The molecule has 0 aliphatic carbocycles. The number of hydrogen-bond donors (Lipinski definition) is 2. The zero-order valence-electron chi connectivity index (χ0n) is 10.5. The molecule has 0 atom stereocenters. The molecule has 112 valence electrons. The van der Waals surface area contributed by atoms with Gasteiger partial charge in [-0.05, 0) is 29.8 Å². The van der Waals surface area contributed by atoms with Crippen LogP contribution in [0.4, 0.5) is 10.1 Å². The maximum Gasteiger partial charge on any atom is 0.264 e. The number of rotatable bonds is 4. The highest BCUT2D eigenvalue weighted by Crippen LogP contribution is 2.31. The molecular weight excluding hydrogens is 340 g/mol. The van der Waals surface area contributed by atoms with Crippen LogP contribution in [0.5, 0.6) is 0 Å². The Morgan fingerprint density at radius 2 is 1.90 bits per heavy atom. The lowest BCUT2D eigenvalue weighted by molar-refractivity contribution is 0.281. The molecule has 8 heteroatoms. The number of halogens is 3. The molecule has 0 aliphatic rings. The summed E-state index contributed by atoms with van der Waals surface area (Å²) in [5.41, 5.74) is 0.321. The molecule has 0 aromatic heterocycles. The summed E-state index contributed by atoms with van der Waals surface area (Å²) in [6.45, 7) is -0.384. The molecule has 0 unspecified atom stereocenters. The fourth-order valence-electron chi connectivity index (χ4n) is 1.64. The third-order valence-electron chi connectivity index (χ3n) is 2.66. The molecule has 0 amide bonds. The van der Waals surface area contributed by atoms with Crippen LogP contribution in [0, 0.1) is 5.82 Å². The molecule has 0 bridgehead atoms. The van der Waals surface area contributed by atoms with Crippen LogP contribution < -0.4 is 4.72 Å². The van der Waals surface area contributed by atoms with E-state index >= 15 is 0 Å². The second kappa shape index (κ2) is 6.19. The van der Waals surface area contributed by atoms with E-state index in [9.17, 15) is 12.8 Å². The summed E-state index contributed by atoms with van der Waals surface area (Å²) in [7, 11) is -4.16. The van der Waals surface area contributed by atoms with Crippen LogP contribution in [0.15, 0.2) is 41.3 Å². The van der Waals surface area contributed by atoms with Gasteiger partial charge in [-0.25, -0.2) is 12.8 Å². The summed E-state index contributed by atoms with van der Waals surface area (Å²) in [4.78, 5) is -0.546. The maximum atomic E-state index is 13.8. The van der Waals surface area contributed by atoms with Crippen molar-refractivity contribution in [2.75, 3.05) is 4.72 Å². The average molecular weight is 350 g/mol. The van der Waals surface area contributed by atoms with E-state index in [-0.39, 0.29) is 27.9 Å². The highest BCUT2D eigenvalue weighted by molar-refractivity contribution is 7.92. The third kappa shape index (κ3) is 3.47. The zero-order chi connectivity index (χ0) is 15.6. The molecule has 2 rings (SSSR count). The van der Waals surface area contributed by atoms with Gasteiger partial charge in [0.25, 0.3) is 10.0 Å². The van der Waals surface area contributed by atoms with Crippen molar-refractivity contribution in [1.29, 1.82) is 0 Å². The number of nitrogens with one attached hydrogen (secondary N) is 1. The Morgan fingerprint density at radius 1 is 1.19 bits per heavy atom. The highest BCUT2D eigenvalue weighted by atomic mass is 35.5. The van der Waals surface area contributed by atoms with Gasteiger partial charge in [-0.3, -0.25) is 4.72 Å². The van der Waals surface area contributed by atoms with Crippen LogP contribution in [0.1, 0.15) is 5.56 Å². The molecule has 0 heterocycles. The van der Waals surface area contributed by atoms with Crippen molar-refractivity contribution >= 4 is 38.9 Å². The van der Waals surface area contributed by atoms with Gasteiger partial charge in [0, 0.05) is 0 Å². The van der Waals surface area contributed by atoms with Crippen LogP contribution in [0.3, 0.4) is 0 Å². The molecule has 0 spiro atoms. The van der Waals surface area contributed by atoms with Gasteiger partial charge in [-0.15, -0.1) is 0 Å². The SMILES string of the molecule is O=S(=O)(Nc1cccc(Cl)c1Cl)c1ccc(CO)cc1F. The summed E-state index contributed by atoms with van der Waals surface area (Å²) in [5, 5.41) is 9.09. The number of sulfonamides is 1. The van der Waals surface area contributed by atoms with E-state index in [1.165, 1.54) is 24.3 Å². The molecule has 0 radical (unpaired) electrons. The monoisotopic (exact) mass is 349 g/mol. The second-order valence-corrected chi connectivity index (χ2v) is 6.57. The van der Waals surface area contributed by atoms with Crippen molar-refractivity contribution in [3.63, 3.8) is 0 Å². The quantitative estimate of drug-likeness (QED) is 0.888. The first-order chi connectivity index (χ1) is 9.85. The first-order valence-corrected chi connectivity index (χ1v) is 7.95. The highest BCUT2D eigenvalue weighted by Gasteiger charge is 2.21. The molecular formula is C13H10Cl2FNO3S. The predicted octanol–water partition coefficient (Wildman–Crippen LogP) is 3.43. The largest absolute Gasteiger partial charge is 0.392 e. The summed E-state index contributed by atoms with van der Waals surface area (Å²) >= 11 is 11.7. The van der Waals surface area contributed by atoms with E-state index in [0.29, 0.717) is 0 Å². The van der Waals surface area contributed by atoms with Gasteiger partial charge in [0.1, 0.15) is 10.7 Å². The first kappa shape index (κ1) is 16.0. The number of anilines is 1. The zero-order valence-corrected chi connectivity index (χ0v) is 12.8. The van der Waals surface area contributed by atoms with Crippen LogP contribution in [0.2, 0.25) is 10.0 Å². The second-order valence-electron chi connectivity index (χ2n) is 4.13. The molecule has 0 fully saturated rings. The van der Waals surface area contributed by atoms with E-state index in [1.807, 2.05) is 0 Å². The molecule has 0 saturated heterocycles. The Hall–Kier alpha value is -1.34. The molecule has 0 saturated carbocycles. The first-order valence-electron chi connectivity index (χ1n) is 5.71. The van der Waals surface area contributed by atoms with Crippen LogP contribution in [0.25, 0.3) is 0 Å². The molecule has 0 aliphatic heterocycles. The van der Waals surface area contributed by atoms with Crippen molar-refractivity contribution in [3.8, 4) is 0 Å². The minimum absolute atomic E-state index is 0.0233. The Labute approximate surface area is 131 Å². The Balaban J connectivity index is 2.41. The van der Waals surface area contributed by atoms with Crippen molar-refractivity contribution in [2.24, 2.45) is 0 Å². The normalized spacial score (nSPS) is 11.4. The van der Waals surface area contributed by atoms with E-state index in [2.05, 4.69) is 4.72 Å². The molecule has 2 aromatic rings. The standard InChI is InChI=1S/C13H10Cl2FNO3S/c14-9-2-1-3-11(13(9)15)17-21(19,20)12-5-4-8(7-18)6-10(12)16/h1-6,17-18H,7H2.